The molecule has 20 heavy (non-hydrogen) atoms. The number of carbonyl (C=O) groups excluding carboxylic acids is 1. The summed E-state index contributed by atoms with van der Waals surface area (Å²) in [6.07, 6.45) is 2.51. The van der Waals surface area contributed by atoms with Crippen molar-refractivity contribution in [2.45, 2.75) is 6.92 Å². The molecule has 0 aliphatic carbocycles. The summed E-state index contributed by atoms with van der Waals surface area (Å²) in [5.74, 6) is -1.30. The highest BCUT2D eigenvalue weighted by molar-refractivity contribution is 7.09. The highest BCUT2D eigenvalue weighted by Crippen LogP contribution is 2.14. The number of carboxylic acids is 1. The van der Waals surface area contributed by atoms with Gasteiger partial charge >= 0.3 is 5.97 Å². The topological polar surface area (TPSA) is 79.3 Å². The Kier molecular flexibility index (Phi) is 4.27. The zero-order valence-corrected chi connectivity index (χ0v) is 11.5. The van der Waals surface area contributed by atoms with Crippen LogP contribution in [0.2, 0.25) is 0 Å². The van der Waals surface area contributed by atoms with Crippen LogP contribution in [0.25, 0.3) is 6.08 Å². The summed E-state index contributed by atoms with van der Waals surface area (Å²) in [5, 5.41) is 13.8. The Morgan fingerprint density at radius 1 is 1.40 bits per heavy atom. The molecule has 0 bridgehead atoms. The molecule has 1 aromatic heterocycles. The van der Waals surface area contributed by atoms with Crippen LogP contribution in [0.1, 0.15) is 21.1 Å². The van der Waals surface area contributed by atoms with Crippen molar-refractivity contribution < 1.29 is 14.7 Å². The SMILES string of the molecule is Cc1nc(C(=O)Nc2cccc(/C=C/C(=O)O)c2)cs1. The number of thiazole rings is 1. The Bertz CT molecular complexity index is 677. The molecule has 0 aliphatic rings. The number of hydrogen-bond acceptors (Lipinski definition) is 4. The summed E-state index contributed by atoms with van der Waals surface area (Å²) in [4.78, 5) is 26.5. The molecule has 0 spiro atoms. The van der Waals surface area contributed by atoms with E-state index in [1.807, 2.05) is 6.92 Å². The second-order valence-electron chi connectivity index (χ2n) is 4.00. The molecule has 0 saturated heterocycles. The predicted octanol–water partition coefficient (Wildman–Crippen LogP) is 2.80. The van der Waals surface area contributed by atoms with Gasteiger partial charge in [0.05, 0.1) is 5.01 Å². The highest BCUT2D eigenvalue weighted by Gasteiger charge is 2.09. The zero-order valence-electron chi connectivity index (χ0n) is 10.7. The number of benzene rings is 1. The molecule has 2 rings (SSSR count). The number of carboxylic acid groups (broad SMARTS) is 1. The van der Waals surface area contributed by atoms with Gasteiger partial charge in [-0.2, -0.15) is 0 Å². The number of anilines is 1. The van der Waals surface area contributed by atoms with Gasteiger partial charge in [-0.1, -0.05) is 12.1 Å². The van der Waals surface area contributed by atoms with Crippen LogP contribution in [-0.2, 0) is 4.79 Å². The van der Waals surface area contributed by atoms with E-state index in [1.54, 1.807) is 29.6 Å². The molecule has 1 heterocycles. The minimum absolute atomic E-state index is 0.284. The molecular weight excluding hydrogens is 276 g/mol. The number of carbonyl (C=O) groups is 2. The minimum Gasteiger partial charge on any atom is -0.478 e. The molecule has 1 amide bonds. The number of hydrogen-bond donors (Lipinski definition) is 2. The molecule has 0 saturated carbocycles. The number of aliphatic carboxylic acids is 1. The summed E-state index contributed by atoms with van der Waals surface area (Å²) in [7, 11) is 0. The Morgan fingerprint density at radius 3 is 2.85 bits per heavy atom. The third-order valence-electron chi connectivity index (χ3n) is 2.41. The lowest BCUT2D eigenvalue weighted by atomic mass is 10.2. The van der Waals surface area contributed by atoms with E-state index in [-0.39, 0.29) is 5.91 Å². The molecule has 6 heteroatoms. The third kappa shape index (κ3) is 3.76. The van der Waals surface area contributed by atoms with Crippen LogP contribution >= 0.6 is 11.3 Å². The normalized spacial score (nSPS) is 10.7. The van der Waals surface area contributed by atoms with Crippen molar-refractivity contribution in [3.63, 3.8) is 0 Å². The van der Waals surface area contributed by atoms with E-state index < -0.39 is 5.97 Å². The Labute approximate surface area is 119 Å². The number of aryl methyl sites for hydroxylation is 1. The van der Waals surface area contributed by atoms with Gasteiger partial charge in [0.25, 0.3) is 5.91 Å². The molecule has 102 valence electrons. The van der Waals surface area contributed by atoms with E-state index in [2.05, 4.69) is 10.3 Å². The number of aromatic nitrogens is 1. The first-order valence-corrected chi connectivity index (χ1v) is 6.67. The quantitative estimate of drug-likeness (QED) is 0.848. The number of rotatable bonds is 4. The van der Waals surface area contributed by atoms with Crippen LogP contribution in [0.5, 0.6) is 0 Å². The fraction of sp³-hybridized carbons (Fsp3) is 0.0714. The summed E-state index contributed by atoms with van der Waals surface area (Å²) < 4.78 is 0. The van der Waals surface area contributed by atoms with E-state index in [1.165, 1.54) is 17.4 Å². The standard InChI is InChI=1S/C14H12N2O3S/c1-9-15-12(8-20-9)14(19)16-11-4-2-3-10(7-11)5-6-13(17)18/h2-8H,1H3,(H,16,19)(H,17,18)/b6-5+. The molecule has 0 aliphatic heterocycles. The van der Waals surface area contributed by atoms with Crippen molar-refractivity contribution in [3.05, 3.63) is 52.0 Å². The Hall–Kier alpha value is -2.47. The average molecular weight is 288 g/mol. The Morgan fingerprint density at radius 2 is 2.20 bits per heavy atom. The van der Waals surface area contributed by atoms with Crippen LogP contribution in [0.4, 0.5) is 5.69 Å². The monoisotopic (exact) mass is 288 g/mol. The van der Waals surface area contributed by atoms with Crippen molar-refractivity contribution in [1.82, 2.24) is 4.98 Å². The second-order valence-corrected chi connectivity index (χ2v) is 5.07. The van der Waals surface area contributed by atoms with E-state index >= 15 is 0 Å². The average Bonchev–Trinajstić information content (AvgIpc) is 2.84. The van der Waals surface area contributed by atoms with Gasteiger partial charge < -0.3 is 10.4 Å². The van der Waals surface area contributed by atoms with E-state index in [0.29, 0.717) is 16.9 Å². The van der Waals surface area contributed by atoms with Gasteiger partial charge in [0.1, 0.15) is 5.69 Å². The van der Waals surface area contributed by atoms with Crippen LogP contribution in [0.3, 0.4) is 0 Å². The number of nitrogens with zero attached hydrogens (tertiary/aromatic N) is 1. The maximum Gasteiger partial charge on any atom is 0.328 e. The molecule has 5 nitrogen and oxygen atoms in total. The lowest BCUT2D eigenvalue weighted by Crippen LogP contribution is -2.12. The van der Waals surface area contributed by atoms with E-state index in [4.69, 9.17) is 5.11 Å². The van der Waals surface area contributed by atoms with Crippen molar-refractivity contribution in [1.29, 1.82) is 0 Å². The fourth-order valence-corrected chi connectivity index (χ4v) is 2.14. The van der Waals surface area contributed by atoms with Crippen molar-refractivity contribution >= 4 is 35.0 Å². The Balaban J connectivity index is 2.11. The molecule has 0 radical (unpaired) electrons. The third-order valence-corrected chi connectivity index (χ3v) is 3.19. The largest absolute Gasteiger partial charge is 0.478 e. The van der Waals surface area contributed by atoms with Crippen LogP contribution in [0, 0.1) is 6.92 Å². The highest BCUT2D eigenvalue weighted by atomic mass is 32.1. The smallest absolute Gasteiger partial charge is 0.328 e. The molecule has 2 aromatic rings. The second kappa shape index (κ2) is 6.12. The summed E-state index contributed by atoms with van der Waals surface area (Å²) in [6.45, 7) is 1.83. The lowest BCUT2D eigenvalue weighted by Gasteiger charge is -2.04. The van der Waals surface area contributed by atoms with Gasteiger partial charge in [0.2, 0.25) is 0 Å². The number of nitrogens with one attached hydrogen (secondary N) is 1. The number of amides is 1. The summed E-state index contributed by atoms with van der Waals surface area (Å²) >= 11 is 1.41. The predicted molar refractivity (Wildman–Crippen MR) is 77.9 cm³/mol. The van der Waals surface area contributed by atoms with Crippen LogP contribution in [-0.4, -0.2) is 22.0 Å². The molecular formula is C14H12N2O3S. The van der Waals surface area contributed by atoms with Gasteiger partial charge in [-0.05, 0) is 30.7 Å². The molecule has 1 aromatic carbocycles. The van der Waals surface area contributed by atoms with Crippen LogP contribution < -0.4 is 5.32 Å². The molecule has 0 fully saturated rings. The van der Waals surface area contributed by atoms with Crippen LogP contribution in [0.15, 0.2) is 35.7 Å². The minimum atomic E-state index is -1.02. The van der Waals surface area contributed by atoms with E-state index in [0.717, 1.165) is 11.1 Å². The first-order chi connectivity index (χ1) is 9.54. The first kappa shape index (κ1) is 14.0. The van der Waals surface area contributed by atoms with Gasteiger partial charge in [-0.15, -0.1) is 11.3 Å². The van der Waals surface area contributed by atoms with E-state index in [9.17, 15) is 9.59 Å². The fourth-order valence-electron chi connectivity index (χ4n) is 1.55. The van der Waals surface area contributed by atoms with Crippen molar-refractivity contribution in [3.8, 4) is 0 Å². The summed E-state index contributed by atoms with van der Waals surface area (Å²) in [6, 6.07) is 6.91. The lowest BCUT2D eigenvalue weighted by molar-refractivity contribution is -0.131. The van der Waals surface area contributed by atoms with Crippen molar-refractivity contribution in [2.75, 3.05) is 5.32 Å². The maximum atomic E-state index is 11.9. The maximum absolute atomic E-state index is 11.9. The zero-order chi connectivity index (χ0) is 14.5. The van der Waals surface area contributed by atoms with Gasteiger partial charge in [-0.25, -0.2) is 9.78 Å². The van der Waals surface area contributed by atoms with Crippen molar-refractivity contribution in [2.24, 2.45) is 0 Å². The van der Waals surface area contributed by atoms with Gasteiger partial charge in [0, 0.05) is 17.1 Å². The molecule has 0 unspecified atom stereocenters. The van der Waals surface area contributed by atoms with Gasteiger partial charge in [0.15, 0.2) is 0 Å². The van der Waals surface area contributed by atoms with Gasteiger partial charge in [-0.3, -0.25) is 4.79 Å². The first-order valence-electron chi connectivity index (χ1n) is 5.79. The summed E-state index contributed by atoms with van der Waals surface area (Å²) in [5.41, 5.74) is 1.66. The molecule has 2 N–H and O–H groups in total. The molecule has 0 atom stereocenters.